The van der Waals surface area contributed by atoms with Crippen molar-refractivity contribution in [2.45, 2.75) is 151 Å². The van der Waals surface area contributed by atoms with Crippen LogP contribution in [0.1, 0.15) is 144 Å². The van der Waals surface area contributed by atoms with Crippen molar-refractivity contribution in [3.63, 3.8) is 0 Å². The largest absolute Gasteiger partial charge is 0.481 e. The second-order valence-electron chi connectivity index (χ2n) is 19.8. The second-order valence-corrected chi connectivity index (χ2v) is 19.8. The molecule has 2 aromatic rings. The fourth-order valence-corrected chi connectivity index (χ4v) is 12.3. The number of nitriles is 1. The number of hydrogen-bond donors (Lipinski definition) is 2. The van der Waals surface area contributed by atoms with Crippen LogP contribution in [-0.4, -0.2) is 57.3 Å². The van der Waals surface area contributed by atoms with Crippen molar-refractivity contribution < 1.29 is 24.2 Å². The molecule has 0 radical (unpaired) electrons. The number of carbonyl (C=O) groups is 3. The standard InChI is InChI=1S/C47H67N5O5/c1-11-33(57-37(54)27-43(5,6)42(55)56)19-20-44(7)30(4)18-21-46(9)36(44)17-16-34-39-38(29(2)3)35(53)26-47(39,23-22-45(34,46)8)41-51-50-40(52(41)25-24-49-10)32-14-12-31(28-48)13-15-32/h12-15,29-30,33-34,36,49H,11,16-27H2,1-10H3,(H,55,56)/t30-,33-,34-,36-,44+,45-,46-,47-/m1/s1. The Kier molecular flexibility index (Phi) is 11.8. The molecule has 0 unspecified atom stereocenters. The maximum atomic E-state index is 14.5. The number of rotatable bonds is 14. The van der Waals surface area contributed by atoms with E-state index in [-0.39, 0.29) is 46.4 Å². The fourth-order valence-electron chi connectivity index (χ4n) is 12.3. The number of ether oxygens (including phenoxy) is 1. The van der Waals surface area contributed by atoms with Crippen molar-refractivity contribution in [2.75, 3.05) is 13.6 Å². The highest BCUT2D eigenvalue weighted by atomic mass is 16.5. The van der Waals surface area contributed by atoms with Gasteiger partial charge >= 0.3 is 11.9 Å². The summed E-state index contributed by atoms with van der Waals surface area (Å²) < 4.78 is 8.23. The normalized spacial score (nSPS) is 31.7. The van der Waals surface area contributed by atoms with Gasteiger partial charge in [-0.15, -0.1) is 10.2 Å². The third kappa shape index (κ3) is 7.08. The molecule has 3 saturated carbocycles. The van der Waals surface area contributed by atoms with Gasteiger partial charge in [0.25, 0.3) is 0 Å². The van der Waals surface area contributed by atoms with Crippen LogP contribution in [0.3, 0.4) is 0 Å². The topological polar surface area (TPSA) is 147 Å². The Labute approximate surface area is 340 Å². The molecular formula is C47H67N5O5. The maximum absolute atomic E-state index is 14.5. The van der Waals surface area contributed by atoms with E-state index < -0.39 is 22.8 Å². The van der Waals surface area contributed by atoms with E-state index in [1.54, 1.807) is 13.8 Å². The summed E-state index contributed by atoms with van der Waals surface area (Å²) in [6.45, 7) is 21.0. The predicted octanol–water partition coefficient (Wildman–Crippen LogP) is 9.07. The summed E-state index contributed by atoms with van der Waals surface area (Å²) in [6, 6.07) is 9.77. The quantitative estimate of drug-likeness (QED) is 0.179. The highest BCUT2D eigenvalue weighted by molar-refractivity contribution is 6.01. The molecule has 57 heavy (non-hydrogen) atoms. The average molecular weight is 782 g/mol. The van der Waals surface area contributed by atoms with E-state index in [4.69, 9.17) is 14.9 Å². The SMILES string of the molecule is CC[C@H](CC[C@@]1(C)[C@H](C)CC[C@]2(C)[C@@H]1CC[C@@H]1C3=C(C(C)C)C(=O)C[C@]3(c3nnc(-c4ccc(C#N)cc4)n3CCNC)CC[C@]12C)OC(=O)CC(C)(C)C(=O)O. The van der Waals surface area contributed by atoms with Gasteiger partial charge in [-0.25, -0.2) is 0 Å². The van der Waals surface area contributed by atoms with E-state index in [0.717, 1.165) is 80.7 Å². The average Bonchev–Trinajstić information content (AvgIpc) is 3.73. The first-order valence-corrected chi connectivity index (χ1v) is 21.6. The number of aliphatic carboxylic acids is 1. The van der Waals surface area contributed by atoms with Crippen LogP contribution in [0.5, 0.6) is 0 Å². The predicted molar refractivity (Wildman–Crippen MR) is 221 cm³/mol. The number of carbonyl (C=O) groups excluding carboxylic acids is 2. The van der Waals surface area contributed by atoms with E-state index in [1.165, 1.54) is 5.57 Å². The van der Waals surface area contributed by atoms with E-state index in [2.05, 4.69) is 57.5 Å². The lowest BCUT2D eigenvalue weighted by Crippen LogP contribution is -2.62. The van der Waals surface area contributed by atoms with E-state index in [9.17, 15) is 24.8 Å². The molecule has 4 aliphatic carbocycles. The molecule has 1 aromatic carbocycles. The number of likely N-dealkylation sites (N-methyl/N-ethyl adjacent to an activating group) is 1. The number of carboxylic acids is 1. The zero-order chi connectivity index (χ0) is 41.7. The number of carboxylic acid groups (broad SMARTS) is 1. The van der Waals surface area contributed by atoms with Crippen LogP contribution in [0.4, 0.5) is 0 Å². The maximum Gasteiger partial charge on any atom is 0.309 e. The van der Waals surface area contributed by atoms with Gasteiger partial charge < -0.3 is 19.7 Å². The van der Waals surface area contributed by atoms with Gasteiger partial charge in [-0.1, -0.05) is 48.5 Å². The van der Waals surface area contributed by atoms with Crippen LogP contribution < -0.4 is 5.32 Å². The molecule has 0 spiro atoms. The summed E-state index contributed by atoms with van der Waals surface area (Å²) >= 11 is 0. The third-order valence-electron chi connectivity index (χ3n) is 16.1. The van der Waals surface area contributed by atoms with Gasteiger partial charge in [0.1, 0.15) is 11.9 Å². The Morgan fingerprint density at radius 3 is 2.39 bits per heavy atom. The van der Waals surface area contributed by atoms with E-state index in [1.807, 2.05) is 38.2 Å². The van der Waals surface area contributed by atoms with Crippen LogP contribution in [-0.2, 0) is 31.1 Å². The molecule has 8 atom stereocenters. The fraction of sp³-hybridized carbons (Fsp3) is 0.702. The van der Waals surface area contributed by atoms with Gasteiger partial charge in [0.15, 0.2) is 11.6 Å². The highest BCUT2D eigenvalue weighted by Gasteiger charge is 2.68. The summed E-state index contributed by atoms with van der Waals surface area (Å²) in [7, 11) is 1.95. The Morgan fingerprint density at radius 2 is 1.77 bits per heavy atom. The summed E-state index contributed by atoms with van der Waals surface area (Å²) in [6.07, 6.45) is 8.63. The van der Waals surface area contributed by atoms with Crippen LogP contribution in [0, 0.1) is 56.7 Å². The van der Waals surface area contributed by atoms with Gasteiger partial charge in [-0.05, 0) is 154 Å². The van der Waals surface area contributed by atoms with Crippen molar-refractivity contribution in [2.24, 2.45) is 45.3 Å². The number of benzene rings is 1. The molecule has 1 aromatic heterocycles. The van der Waals surface area contributed by atoms with Crippen LogP contribution in [0.2, 0.25) is 0 Å². The monoisotopic (exact) mass is 782 g/mol. The molecule has 0 amide bonds. The molecule has 10 nitrogen and oxygen atoms in total. The van der Waals surface area contributed by atoms with Crippen molar-refractivity contribution in [3.05, 3.63) is 46.8 Å². The zero-order valence-corrected chi connectivity index (χ0v) is 36.3. The van der Waals surface area contributed by atoms with E-state index >= 15 is 0 Å². The van der Waals surface area contributed by atoms with Gasteiger partial charge in [-0.3, -0.25) is 14.4 Å². The Balaban J connectivity index is 1.35. The molecule has 4 aliphatic rings. The zero-order valence-electron chi connectivity index (χ0n) is 36.3. The minimum atomic E-state index is -1.17. The molecule has 3 fully saturated rings. The lowest BCUT2D eigenvalue weighted by atomic mass is 9.35. The first kappa shape index (κ1) is 42.8. The number of nitrogens with zero attached hydrogens (tertiary/aromatic N) is 4. The molecule has 0 saturated heterocycles. The lowest BCUT2D eigenvalue weighted by molar-refractivity contribution is -0.184. The number of esters is 1. The number of fused-ring (bicyclic) bond motifs is 5. The van der Waals surface area contributed by atoms with Gasteiger partial charge in [0, 0.05) is 25.1 Å². The van der Waals surface area contributed by atoms with Crippen LogP contribution in [0.15, 0.2) is 35.4 Å². The smallest absolute Gasteiger partial charge is 0.309 e. The van der Waals surface area contributed by atoms with Gasteiger partial charge in [0.05, 0.1) is 28.9 Å². The minimum Gasteiger partial charge on any atom is -0.481 e. The van der Waals surface area contributed by atoms with Crippen LogP contribution >= 0.6 is 0 Å². The first-order valence-electron chi connectivity index (χ1n) is 21.6. The molecule has 10 heteroatoms. The molecule has 1 heterocycles. The first-order chi connectivity index (χ1) is 26.8. The lowest BCUT2D eigenvalue weighted by Gasteiger charge is -2.69. The highest BCUT2D eigenvalue weighted by Crippen LogP contribution is 2.74. The number of allylic oxidation sites excluding steroid dienone is 2. The Hall–Kier alpha value is -3.84. The summed E-state index contributed by atoms with van der Waals surface area (Å²) in [5.74, 6) is 1.79. The van der Waals surface area contributed by atoms with Gasteiger partial charge in [0.2, 0.25) is 0 Å². The Bertz CT molecular complexity index is 1940. The van der Waals surface area contributed by atoms with Crippen molar-refractivity contribution in [1.29, 1.82) is 5.26 Å². The molecule has 310 valence electrons. The Morgan fingerprint density at radius 1 is 1.07 bits per heavy atom. The summed E-state index contributed by atoms with van der Waals surface area (Å²) in [4.78, 5) is 39.1. The third-order valence-corrected chi connectivity index (χ3v) is 16.1. The van der Waals surface area contributed by atoms with Crippen molar-refractivity contribution >= 4 is 17.7 Å². The number of nitrogens with one attached hydrogen (secondary N) is 1. The molecule has 6 rings (SSSR count). The number of aromatic nitrogens is 3. The molecular weight excluding hydrogens is 715 g/mol. The van der Waals surface area contributed by atoms with Crippen molar-refractivity contribution in [1.82, 2.24) is 20.1 Å². The number of Topliss-reactive ketones (excluding diaryl/α,β-unsaturated/α-hetero) is 1. The molecule has 0 aliphatic heterocycles. The summed E-state index contributed by atoms with van der Waals surface area (Å²) in [5.41, 5.74) is 2.19. The minimum absolute atomic E-state index is 0.0275. The summed E-state index contributed by atoms with van der Waals surface area (Å²) in [5, 5.41) is 32.2. The molecule has 0 bridgehead atoms. The molecule has 2 N–H and O–H groups in total. The van der Waals surface area contributed by atoms with Crippen LogP contribution in [0.25, 0.3) is 11.4 Å². The number of hydrogen-bond acceptors (Lipinski definition) is 8. The number of ketones is 1. The van der Waals surface area contributed by atoms with Gasteiger partial charge in [-0.2, -0.15) is 5.26 Å². The van der Waals surface area contributed by atoms with Crippen molar-refractivity contribution in [3.8, 4) is 17.5 Å². The van der Waals surface area contributed by atoms with E-state index in [0.29, 0.717) is 36.8 Å². The second kappa shape index (κ2) is 15.7.